The predicted octanol–water partition coefficient (Wildman–Crippen LogP) is -5.06. The zero-order valence-electron chi connectivity index (χ0n) is 42.2. The van der Waals surface area contributed by atoms with E-state index in [0.29, 0.717) is 6.42 Å². The van der Waals surface area contributed by atoms with Crippen LogP contribution in [0.25, 0.3) is 0 Å². The topological polar surface area (TPSA) is 482 Å². The lowest BCUT2D eigenvalue weighted by atomic mass is 10.00. The third-order valence-electron chi connectivity index (χ3n) is 10.4. The largest absolute Gasteiger partial charge is 0.481 e. The van der Waals surface area contributed by atoms with Crippen molar-refractivity contribution in [2.45, 2.75) is 161 Å². The fraction of sp³-hybridized carbons (Fsp3) is 0.721. The molecule has 28 nitrogen and oxygen atoms in total. The minimum absolute atomic E-state index is 0.0297. The first-order valence-corrected chi connectivity index (χ1v) is 24.1. The average Bonchev–Trinajstić information content (AvgIpc) is 3.26. The molecule has 10 atom stereocenters. The van der Waals surface area contributed by atoms with Crippen LogP contribution in [-0.2, 0) is 47.9 Å². The number of aliphatic hydroxyl groups excluding tert-OH is 1. The van der Waals surface area contributed by atoms with Gasteiger partial charge in [0.15, 0.2) is 11.9 Å². The van der Waals surface area contributed by atoms with Crippen LogP contribution in [0.15, 0.2) is 9.98 Å². The number of nitrogens with two attached hydrogens (primary N) is 5. The van der Waals surface area contributed by atoms with Crippen molar-refractivity contribution in [2.24, 2.45) is 56.4 Å². The van der Waals surface area contributed by atoms with Gasteiger partial charge in [0.25, 0.3) is 0 Å². The van der Waals surface area contributed by atoms with Crippen molar-refractivity contribution >= 4 is 83.7 Å². The number of guanidine groups is 2. The summed E-state index contributed by atoms with van der Waals surface area (Å²) in [5.74, 6) is -11.9. The van der Waals surface area contributed by atoms with Gasteiger partial charge in [-0.15, -0.1) is 0 Å². The highest BCUT2D eigenvalue weighted by Crippen LogP contribution is 2.11. The molecule has 0 saturated carbocycles. The first-order valence-electron chi connectivity index (χ1n) is 23.4. The molecular weight excluding hydrogens is 967 g/mol. The van der Waals surface area contributed by atoms with Crippen molar-refractivity contribution in [3.8, 4) is 0 Å². The highest BCUT2D eigenvalue weighted by Gasteiger charge is 2.36. The lowest BCUT2D eigenvalue weighted by Gasteiger charge is -2.28. The normalized spacial score (nSPS) is 15.3. The summed E-state index contributed by atoms with van der Waals surface area (Å²) in [7, 11) is 0. The van der Waals surface area contributed by atoms with E-state index in [1.807, 2.05) is 13.8 Å². The van der Waals surface area contributed by atoms with Crippen LogP contribution in [0.2, 0.25) is 0 Å². The maximum absolute atomic E-state index is 13.7. The van der Waals surface area contributed by atoms with Gasteiger partial charge in [-0.25, -0.2) is 4.79 Å². The minimum atomic E-state index is -1.78. The number of carbonyl (C=O) groups excluding carboxylic acids is 8. The van der Waals surface area contributed by atoms with Crippen LogP contribution < -0.4 is 71.2 Å². The average molecular weight is 1050 g/mol. The first kappa shape index (κ1) is 65.5. The molecule has 29 heteroatoms. The van der Waals surface area contributed by atoms with Crippen molar-refractivity contribution in [3.63, 3.8) is 0 Å². The smallest absolute Gasteiger partial charge is 0.326 e. The standard InChI is InChI=1S/C43H79N15O13S/c1-19(2)15-24(44)34(63)57-31(21(5)6)39(68)55-28(17-30(60)61)37(66)52-25(11-9-13-49-42(45)46)35(64)51-22(7)33(62)58-32(23(8)59)40(69)56-29(18-72)38(67)54-27(16-20(3)4)36(65)53-26(41(70)71)12-10-14-50-43(47)48/h19-29,31-32,59,72H,9-18,44H2,1-8H3,(H,51,64)(H,52,66)(H,53,65)(H,54,67)(H,55,68)(H,56,69)(H,57,63)(H,58,62)(H,60,61)(H,70,71)(H4,45,46,49)(H4,47,48,50)/t22-,23+,24-,25-,26-,27-,28-,29-,31-,32-/m0/s1. The third kappa shape index (κ3) is 26.1. The minimum Gasteiger partial charge on any atom is -0.481 e. The Kier molecular flexibility index (Phi) is 30.2. The molecule has 21 N–H and O–H groups in total. The Morgan fingerprint density at radius 3 is 1.38 bits per heavy atom. The summed E-state index contributed by atoms with van der Waals surface area (Å²) < 4.78 is 0. The van der Waals surface area contributed by atoms with Gasteiger partial charge in [0.05, 0.1) is 18.6 Å². The third-order valence-corrected chi connectivity index (χ3v) is 10.8. The van der Waals surface area contributed by atoms with E-state index in [-0.39, 0.29) is 74.7 Å². The maximum Gasteiger partial charge on any atom is 0.326 e. The number of nitrogens with one attached hydrogen (secondary N) is 8. The van der Waals surface area contributed by atoms with Gasteiger partial charge < -0.3 is 86.5 Å². The number of carboxylic acids is 2. The van der Waals surface area contributed by atoms with Gasteiger partial charge in [-0.3, -0.25) is 53.1 Å². The number of aliphatic carboxylic acids is 2. The van der Waals surface area contributed by atoms with Crippen LogP contribution in [0.1, 0.15) is 100 Å². The molecule has 0 heterocycles. The Hall–Kier alpha value is -6.49. The van der Waals surface area contributed by atoms with Crippen LogP contribution in [-0.4, -0.2) is 166 Å². The molecular formula is C43H79N15O13S. The van der Waals surface area contributed by atoms with Crippen molar-refractivity contribution in [1.29, 1.82) is 0 Å². The lowest BCUT2D eigenvalue weighted by molar-refractivity contribution is -0.143. The van der Waals surface area contributed by atoms with Crippen molar-refractivity contribution in [3.05, 3.63) is 0 Å². The molecule has 0 aromatic rings. The molecule has 0 aliphatic heterocycles. The summed E-state index contributed by atoms with van der Waals surface area (Å²) in [4.78, 5) is 139. The molecule has 0 radical (unpaired) electrons. The number of carbonyl (C=O) groups is 10. The van der Waals surface area contributed by atoms with Crippen molar-refractivity contribution in [1.82, 2.24) is 42.5 Å². The van der Waals surface area contributed by atoms with E-state index in [0.717, 1.165) is 6.92 Å². The number of aliphatic hydroxyl groups is 1. The van der Waals surface area contributed by atoms with E-state index < -0.39 is 132 Å². The molecule has 0 aromatic carbocycles. The molecule has 0 spiro atoms. The zero-order valence-corrected chi connectivity index (χ0v) is 43.1. The number of nitrogens with zero attached hydrogens (tertiary/aromatic N) is 2. The fourth-order valence-corrected chi connectivity index (χ4v) is 6.88. The summed E-state index contributed by atoms with van der Waals surface area (Å²) in [6.07, 6.45) is -2.18. The van der Waals surface area contributed by atoms with Gasteiger partial charge in [0.1, 0.15) is 48.3 Å². The Morgan fingerprint density at radius 2 is 0.917 bits per heavy atom. The van der Waals surface area contributed by atoms with Gasteiger partial charge in [0.2, 0.25) is 47.3 Å². The number of rotatable bonds is 34. The van der Waals surface area contributed by atoms with Crippen LogP contribution in [0.3, 0.4) is 0 Å². The van der Waals surface area contributed by atoms with E-state index in [1.165, 1.54) is 6.92 Å². The second-order valence-electron chi connectivity index (χ2n) is 18.4. The summed E-state index contributed by atoms with van der Waals surface area (Å²) in [5, 5.41) is 49.1. The van der Waals surface area contributed by atoms with Gasteiger partial charge in [-0.2, -0.15) is 12.6 Å². The molecule has 0 bridgehead atoms. The monoisotopic (exact) mass is 1050 g/mol. The number of thiol groups is 1. The quantitative estimate of drug-likeness (QED) is 0.0124. The van der Waals surface area contributed by atoms with Gasteiger partial charge in [-0.1, -0.05) is 41.5 Å². The molecule has 0 unspecified atom stereocenters. The Bertz CT molecular complexity index is 1910. The fourth-order valence-electron chi connectivity index (χ4n) is 6.63. The van der Waals surface area contributed by atoms with E-state index in [2.05, 4.69) is 65.1 Å². The SMILES string of the molecule is CC(C)C[C@H](NC(=O)[C@H](CS)NC(=O)[C@@H](NC(=O)[C@H](C)NC(=O)[C@H](CCCN=C(N)N)NC(=O)[C@H](CC(=O)O)NC(=O)[C@@H](NC(=O)[C@@H](N)CC(C)C)C(C)C)[C@@H](C)O)C(=O)N[C@@H](CCCN=C(N)N)C(=O)O. The number of carboxylic acid groups (broad SMARTS) is 2. The Morgan fingerprint density at radius 1 is 0.500 bits per heavy atom. The molecule has 0 aliphatic carbocycles. The molecule has 0 rings (SSSR count). The van der Waals surface area contributed by atoms with E-state index in [9.17, 15) is 63.3 Å². The summed E-state index contributed by atoms with van der Waals surface area (Å²) in [5.41, 5.74) is 27.4. The molecule has 410 valence electrons. The van der Waals surface area contributed by atoms with Gasteiger partial charge in [0, 0.05) is 18.8 Å². The van der Waals surface area contributed by atoms with Gasteiger partial charge in [-0.05, 0) is 70.1 Å². The van der Waals surface area contributed by atoms with Crippen LogP contribution in [0.4, 0.5) is 0 Å². The zero-order chi connectivity index (χ0) is 55.6. The number of amides is 8. The highest BCUT2D eigenvalue weighted by molar-refractivity contribution is 7.80. The second kappa shape index (κ2) is 33.2. The van der Waals surface area contributed by atoms with Crippen molar-refractivity contribution in [2.75, 3.05) is 18.8 Å². The van der Waals surface area contributed by atoms with Crippen molar-refractivity contribution < 1.29 is 63.3 Å². The summed E-state index contributed by atoms with van der Waals surface area (Å²) in [6, 6.07) is -12.8. The molecule has 72 heavy (non-hydrogen) atoms. The molecule has 8 amide bonds. The molecule has 0 aromatic heterocycles. The molecule has 0 aliphatic rings. The van der Waals surface area contributed by atoms with Crippen LogP contribution in [0.5, 0.6) is 0 Å². The first-order chi connectivity index (χ1) is 33.4. The maximum atomic E-state index is 13.7. The summed E-state index contributed by atoms with van der Waals surface area (Å²) >= 11 is 4.15. The van der Waals surface area contributed by atoms with Crippen LogP contribution >= 0.6 is 12.6 Å². The Labute approximate surface area is 424 Å². The predicted molar refractivity (Wildman–Crippen MR) is 268 cm³/mol. The molecule has 0 saturated heterocycles. The summed E-state index contributed by atoms with van der Waals surface area (Å²) in [6.45, 7) is 12.8. The number of aliphatic imine (C=N–C) groups is 2. The highest BCUT2D eigenvalue weighted by atomic mass is 32.1. The van der Waals surface area contributed by atoms with Crippen LogP contribution in [0, 0.1) is 17.8 Å². The number of hydrogen-bond donors (Lipinski definition) is 17. The molecule has 0 fully saturated rings. The van der Waals surface area contributed by atoms with E-state index in [4.69, 9.17) is 28.7 Å². The second-order valence-corrected chi connectivity index (χ2v) is 18.7. The van der Waals surface area contributed by atoms with E-state index >= 15 is 0 Å². The number of hydrogen-bond acceptors (Lipinski definition) is 15. The Balaban J connectivity index is 6.26. The van der Waals surface area contributed by atoms with Gasteiger partial charge >= 0.3 is 11.9 Å². The van der Waals surface area contributed by atoms with E-state index in [1.54, 1.807) is 27.7 Å². The lowest BCUT2D eigenvalue weighted by Crippen LogP contribution is -2.62.